The number of methoxy groups -OCH3 is 1. The first-order valence-corrected chi connectivity index (χ1v) is 16.8. The quantitative estimate of drug-likeness (QED) is 0.210. The van der Waals surface area contributed by atoms with Gasteiger partial charge in [-0.25, -0.2) is 4.79 Å². The first kappa shape index (κ1) is 29.9. The summed E-state index contributed by atoms with van der Waals surface area (Å²) in [6, 6.07) is 8.07. The molecule has 1 aromatic rings. The van der Waals surface area contributed by atoms with Crippen molar-refractivity contribution in [3.63, 3.8) is 0 Å². The number of nitrogens with two attached hydrogens (primary N) is 1. The van der Waals surface area contributed by atoms with Crippen molar-refractivity contribution in [3.05, 3.63) is 54.1 Å². The molecule has 0 radical (unpaired) electrons. The average molecular weight is 589 g/mol. The van der Waals surface area contributed by atoms with E-state index in [4.69, 9.17) is 22.7 Å². The van der Waals surface area contributed by atoms with Gasteiger partial charge in [0.15, 0.2) is 5.11 Å². The summed E-state index contributed by atoms with van der Waals surface area (Å²) < 4.78 is 4.94. The molecule has 6 rings (SSSR count). The number of ether oxygens (including phenoxy) is 1. The Bertz CT molecular complexity index is 1320. The van der Waals surface area contributed by atoms with Gasteiger partial charge in [-0.3, -0.25) is 0 Å². The molecule has 5 aliphatic rings. The van der Waals surface area contributed by atoms with E-state index < -0.39 is 0 Å². The summed E-state index contributed by atoms with van der Waals surface area (Å²) in [5, 5.41) is 4.15. The summed E-state index contributed by atoms with van der Waals surface area (Å²) in [5.41, 5.74) is 10.4. The van der Waals surface area contributed by atoms with Crippen LogP contribution < -0.4 is 11.1 Å². The van der Waals surface area contributed by atoms with Crippen LogP contribution in [0.5, 0.6) is 0 Å². The molecule has 3 N–H and O–H groups in total. The molecule has 0 saturated heterocycles. The topological polar surface area (TPSA) is 64.3 Å². The fourth-order valence-corrected chi connectivity index (χ4v) is 12.6. The molecule has 9 unspecified atom stereocenters. The molecule has 1 aromatic carbocycles. The summed E-state index contributed by atoms with van der Waals surface area (Å²) in [6.45, 7) is 17.3. The van der Waals surface area contributed by atoms with Crippen molar-refractivity contribution in [2.45, 2.75) is 97.9 Å². The Morgan fingerprint density at radius 3 is 2.33 bits per heavy atom. The molecule has 0 heterocycles. The Hall–Kier alpha value is -2.14. The maximum atomic E-state index is 12.1. The molecule has 5 heteroatoms. The van der Waals surface area contributed by atoms with Crippen LogP contribution in [0.15, 0.2) is 43.0 Å². The van der Waals surface area contributed by atoms with Gasteiger partial charge in [0.2, 0.25) is 0 Å². The zero-order chi connectivity index (χ0) is 30.3. The number of nitrogens with one attached hydrogen (secondary N) is 1. The van der Waals surface area contributed by atoms with Crippen molar-refractivity contribution in [2.75, 3.05) is 7.11 Å². The molecule has 5 aliphatic carbocycles. The van der Waals surface area contributed by atoms with Gasteiger partial charge in [0.05, 0.1) is 12.7 Å². The van der Waals surface area contributed by atoms with Crippen molar-refractivity contribution < 1.29 is 9.53 Å². The predicted molar refractivity (Wildman–Crippen MR) is 176 cm³/mol. The maximum Gasteiger partial charge on any atom is 0.337 e. The molecule has 4 saturated carbocycles. The third kappa shape index (κ3) is 3.97. The second-order valence-electron chi connectivity index (χ2n) is 15.9. The van der Waals surface area contributed by atoms with Crippen molar-refractivity contribution in [2.24, 2.45) is 57.0 Å². The molecule has 42 heavy (non-hydrogen) atoms. The van der Waals surface area contributed by atoms with E-state index in [9.17, 15) is 4.79 Å². The normalized spacial score (nSPS) is 43.5. The van der Waals surface area contributed by atoms with Crippen LogP contribution in [0.3, 0.4) is 0 Å². The number of carbonyl (C=O) groups is 1. The van der Waals surface area contributed by atoms with E-state index >= 15 is 0 Å². The number of benzene rings is 1. The minimum Gasteiger partial charge on any atom is -0.465 e. The number of allylic oxidation sites excluding steroid dienone is 3. The van der Waals surface area contributed by atoms with Gasteiger partial charge in [-0.05, 0) is 145 Å². The third-order valence-electron chi connectivity index (χ3n) is 14.4. The molecular formula is C37H52N2O2S. The van der Waals surface area contributed by atoms with E-state index in [2.05, 4.69) is 70.8 Å². The van der Waals surface area contributed by atoms with Gasteiger partial charge in [0.1, 0.15) is 0 Å². The Kier molecular flexibility index (Phi) is 7.08. The monoisotopic (exact) mass is 588 g/mol. The fourth-order valence-electron chi connectivity index (χ4n) is 12.4. The van der Waals surface area contributed by atoms with Gasteiger partial charge in [-0.2, -0.15) is 0 Å². The standard InChI is InChI=1S/C37H52N2O2S/c1-8-23-15-20-37(39-32(38)42)22-21-35(5)27(30(23)37)13-14-29-34(4)18-16-26(24-9-11-25(12-10-24)31(40)41-7)33(2,3)28(34)17-19-36(29,35)6/h8-12,16,23,27-30H,1,13-15,17-22H2,2-7H3,(H3,38,39,42). The minimum absolute atomic E-state index is 0.0348. The van der Waals surface area contributed by atoms with Gasteiger partial charge < -0.3 is 15.8 Å². The lowest BCUT2D eigenvalue weighted by Gasteiger charge is -2.72. The van der Waals surface area contributed by atoms with E-state index in [0.29, 0.717) is 51.1 Å². The van der Waals surface area contributed by atoms with Gasteiger partial charge >= 0.3 is 5.97 Å². The van der Waals surface area contributed by atoms with Crippen LogP contribution in [0.25, 0.3) is 5.57 Å². The van der Waals surface area contributed by atoms with E-state index in [-0.39, 0.29) is 22.3 Å². The van der Waals surface area contributed by atoms with Crippen LogP contribution >= 0.6 is 12.2 Å². The van der Waals surface area contributed by atoms with Crippen molar-refractivity contribution in [3.8, 4) is 0 Å². The Morgan fingerprint density at radius 2 is 1.69 bits per heavy atom. The van der Waals surface area contributed by atoms with Crippen LogP contribution in [0.1, 0.15) is 108 Å². The molecule has 9 atom stereocenters. The summed E-state index contributed by atoms with van der Waals surface area (Å²) in [6.07, 6.45) is 15.9. The van der Waals surface area contributed by atoms with Gasteiger partial charge in [0.25, 0.3) is 0 Å². The van der Waals surface area contributed by atoms with Gasteiger partial charge in [-0.1, -0.05) is 58.9 Å². The second kappa shape index (κ2) is 9.94. The van der Waals surface area contributed by atoms with Crippen LogP contribution in [0, 0.1) is 51.2 Å². The number of carbonyl (C=O) groups excluding carboxylic acids is 1. The van der Waals surface area contributed by atoms with E-state index in [1.165, 1.54) is 56.8 Å². The number of fused-ring (bicyclic) bond motifs is 7. The summed E-state index contributed by atoms with van der Waals surface area (Å²) >= 11 is 5.44. The lowest BCUT2D eigenvalue weighted by molar-refractivity contribution is -0.218. The summed E-state index contributed by atoms with van der Waals surface area (Å²) in [4.78, 5) is 12.1. The molecule has 0 aliphatic heterocycles. The SMILES string of the molecule is C=CC1CCC2(NC(N)=S)CCC3(C)C(CCC4C5(C)CC=C(c6ccc(C(=O)OC)cc6)C(C)(C)C5CCC43C)C12. The lowest BCUT2D eigenvalue weighted by Crippen LogP contribution is -2.68. The van der Waals surface area contributed by atoms with Crippen molar-refractivity contribution in [1.29, 1.82) is 0 Å². The second-order valence-corrected chi connectivity index (χ2v) is 16.3. The molecular weight excluding hydrogens is 536 g/mol. The Morgan fingerprint density at radius 1 is 0.976 bits per heavy atom. The first-order valence-electron chi connectivity index (χ1n) is 16.4. The third-order valence-corrected chi connectivity index (χ3v) is 14.5. The molecule has 0 aromatic heterocycles. The number of rotatable bonds is 4. The molecule has 0 spiro atoms. The predicted octanol–water partition coefficient (Wildman–Crippen LogP) is 8.32. The minimum atomic E-state index is -0.278. The maximum absolute atomic E-state index is 12.1. The highest BCUT2D eigenvalue weighted by atomic mass is 32.1. The number of hydrogen-bond donors (Lipinski definition) is 2. The number of esters is 1. The van der Waals surface area contributed by atoms with Crippen molar-refractivity contribution in [1.82, 2.24) is 5.32 Å². The highest BCUT2D eigenvalue weighted by molar-refractivity contribution is 7.80. The fraction of sp³-hybridized carbons (Fsp3) is 0.676. The molecule has 0 bridgehead atoms. The number of hydrogen-bond acceptors (Lipinski definition) is 3. The van der Waals surface area contributed by atoms with Crippen molar-refractivity contribution >= 4 is 28.9 Å². The summed E-state index contributed by atoms with van der Waals surface area (Å²) in [5.74, 6) is 2.79. The van der Waals surface area contributed by atoms with Crippen LogP contribution in [-0.2, 0) is 4.74 Å². The average Bonchev–Trinajstić information content (AvgIpc) is 3.30. The van der Waals surface area contributed by atoms with E-state index in [1.54, 1.807) is 0 Å². The molecule has 0 amide bonds. The van der Waals surface area contributed by atoms with Gasteiger partial charge in [-0.15, -0.1) is 6.58 Å². The lowest BCUT2D eigenvalue weighted by atomic mass is 9.33. The zero-order valence-corrected chi connectivity index (χ0v) is 27.5. The molecule has 4 nitrogen and oxygen atoms in total. The first-order chi connectivity index (χ1) is 19.8. The van der Waals surface area contributed by atoms with Crippen LogP contribution in [-0.4, -0.2) is 23.7 Å². The van der Waals surface area contributed by atoms with E-state index in [0.717, 1.165) is 19.3 Å². The highest BCUT2D eigenvalue weighted by Crippen LogP contribution is 2.76. The van der Waals surface area contributed by atoms with Crippen LogP contribution in [0.2, 0.25) is 0 Å². The number of thiocarbonyl (C=S) groups is 1. The van der Waals surface area contributed by atoms with E-state index in [1.807, 2.05) is 12.1 Å². The Labute approximate surface area is 259 Å². The van der Waals surface area contributed by atoms with Crippen LogP contribution in [0.4, 0.5) is 0 Å². The zero-order valence-electron chi connectivity index (χ0n) is 26.7. The highest BCUT2D eigenvalue weighted by Gasteiger charge is 2.70. The summed E-state index contributed by atoms with van der Waals surface area (Å²) in [7, 11) is 1.44. The largest absolute Gasteiger partial charge is 0.465 e. The smallest absolute Gasteiger partial charge is 0.337 e. The molecule has 4 fully saturated rings. The van der Waals surface area contributed by atoms with Gasteiger partial charge in [0, 0.05) is 5.54 Å². The molecule has 228 valence electrons. The Balaban J connectivity index is 1.34.